The van der Waals surface area contributed by atoms with Crippen molar-refractivity contribution in [3.63, 3.8) is 0 Å². The predicted octanol–water partition coefficient (Wildman–Crippen LogP) is 2.43. The molecule has 0 unspecified atom stereocenters. The molecule has 0 aromatic rings. The third-order valence-corrected chi connectivity index (χ3v) is 5.19. The van der Waals surface area contributed by atoms with Crippen molar-refractivity contribution in [3.8, 4) is 0 Å². The topological polar surface area (TPSA) is 0 Å². The SMILES string of the molecule is BrCC12C3CC1CC2C3. The van der Waals surface area contributed by atoms with E-state index in [9.17, 15) is 0 Å². The van der Waals surface area contributed by atoms with Crippen molar-refractivity contribution in [1.29, 1.82) is 0 Å². The molecule has 0 radical (unpaired) electrons. The van der Waals surface area contributed by atoms with E-state index in [1.54, 1.807) is 19.3 Å². The fraction of sp³-hybridized carbons (Fsp3) is 1.00. The number of halogens is 1. The molecule has 50 valence electrons. The van der Waals surface area contributed by atoms with Crippen LogP contribution in [0.3, 0.4) is 0 Å². The van der Waals surface area contributed by atoms with E-state index in [4.69, 9.17) is 0 Å². The third kappa shape index (κ3) is 0.318. The van der Waals surface area contributed by atoms with E-state index >= 15 is 0 Å². The molecule has 0 nitrogen and oxygen atoms in total. The molecule has 3 aliphatic rings. The molecule has 0 aromatic heterocycles. The first-order chi connectivity index (χ1) is 4.38. The molecule has 9 heavy (non-hydrogen) atoms. The Kier molecular flexibility index (Phi) is 0.719. The summed E-state index contributed by atoms with van der Waals surface area (Å²) < 4.78 is 0. The van der Waals surface area contributed by atoms with Gasteiger partial charge in [-0.05, 0) is 42.4 Å². The third-order valence-electron chi connectivity index (χ3n) is 4.22. The molecule has 0 saturated heterocycles. The predicted molar refractivity (Wildman–Crippen MR) is 40.5 cm³/mol. The highest BCUT2D eigenvalue weighted by Crippen LogP contribution is 2.78. The van der Waals surface area contributed by atoms with Crippen LogP contribution < -0.4 is 0 Å². The molecule has 3 rings (SSSR count). The second-order valence-electron chi connectivity index (χ2n) is 4.04. The van der Waals surface area contributed by atoms with Crippen LogP contribution in [0.25, 0.3) is 0 Å². The zero-order valence-corrected chi connectivity index (χ0v) is 7.02. The van der Waals surface area contributed by atoms with Gasteiger partial charge in [0, 0.05) is 5.33 Å². The minimum atomic E-state index is 0.875. The minimum Gasteiger partial charge on any atom is -0.0922 e. The average molecular weight is 187 g/mol. The molecule has 3 saturated carbocycles. The van der Waals surface area contributed by atoms with Crippen LogP contribution in [0.15, 0.2) is 0 Å². The second kappa shape index (κ2) is 1.25. The quantitative estimate of drug-likeness (QED) is 0.553. The van der Waals surface area contributed by atoms with Gasteiger partial charge in [0.25, 0.3) is 0 Å². The summed E-state index contributed by atoms with van der Waals surface area (Å²) in [7, 11) is 0. The summed E-state index contributed by atoms with van der Waals surface area (Å²) in [6, 6.07) is 0. The van der Waals surface area contributed by atoms with Crippen LogP contribution in [0.4, 0.5) is 0 Å². The first-order valence-electron chi connectivity index (χ1n) is 3.94. The highest BCUT2D eigenvalue weighted by atomic mass is 79.9. The van der Waals surface area contributed by atoms with E-state index in [1.165, 1.54) is 5.33 Å². The highest BCUT2D eigenvalue weighted by molar-refractivity contribution is 9.09. The van der Waals surface area contributed by atoms with Crippen LogP contribution in [0.1, 0.15) is 19.3 Å². The first kappa shape index (κ1) is 5.17. The van der Waals surface area contributed by atoms with Crippen LogP contribution in [0.2, 0.25) is 0 Å². The Hall–Kier alpha value is 0.480. The van der Waals surface area contributed by atoms with Gasteiger partial charge < -0.3 is 0 Å². The van der Waals surface area contributed by atoms with Gasteiger partial charge in [-0.1, -0.05) is 15.9 Å². The lowest BCUT2D eigenvalue weighted by molar-refractivity contribution is -0.273. The molecule has 3 aliphatic carbocycles. The molecule has 0 aliphatic heterocycles. The van der Waals surface area contributed by atoms with Crippen LogP contribution >= 0.6 is 15.9 Å². The number of hydrogen-bond acceptors (Lipinski definition) is 0. The summed E-state index contributed by atoms with van der Waals surface area (Å²) in [5, 5.41) is 1.31. The fourth-order valence-electron chi connectivity index (χ4n) is 3.48. The van der Waals surface area contributed by atoms with E-state index in [0.29, 0.717) is 0 Å². The maximum absolute atomic E-state index is 3.64. The molecule has 0 spiro atoms. The fourth-order valence-corrected chi connectivity index (χ4v) is 4.85. The molecular formula is C8H11Br. The zero-order valence-electron chi connectivity index (χ0n) is 5.44. The monoisotopic (exact) mass is 186 g/mol. The van der Waals surface area contributed by atoms with Gasteiger partial charge >= 0.3 is 0 Å². The second-order valence-corrected chi connectivity index (χ2v) is 4.60. The number of rotatable bonds is 1. The largest absolute Gasteiger partial charge is 0.0922 e. The van der Waals surface area contributed by atoms with Crippen molar-refractivity contribution in [2.24, 2.45) is 23.2 Å². The molecule has 0 bridgehead atoms. The van der Waals surface area contributed by atoms with Crippen molar-refractivity contribution < 1.29 is 0 Å². The first-order valence-corrected chi connectivity index (χ1v) is 5.06. The van der Waals surface area contributed by atoms with Crippen molar-refractivity contribution in [2.75, 3.05) is 5.33 Å². The van der Waals surface area contributed by atoms with Gasteiger partial charge in [-0.2, -0.15) is 0 Å². The van der Waals surface area contributed by atoms with Gasteiger partial charge in [0.15, 0.2) is 0 Å². The summed E-state index contributed by atoms with van der Waals surface area (Å²) in [5.41, 5.74) is 0.875. The molecule has 0 atom stereocenters. The zero-order chi connectivity index (χ0) is 6.06. The van der Waals surface area contributed by atoms with Crippen LogP contribution in [-0.2, 0) is 0 Å². The Labute approximate surface area is 64.1 Å². The van der Waals surface area contributed by atoms with E-state index in [0.717, 1.165) is 23.2 Å². The molecule has 0 aromatic carbocycles. The maximum Gasteiger partial charge on any atom is 0.00959 e. The minimum absolute atomic E-state index is 0.875. The lowest BCUT2D eigenvalue weighted by atomic mass is 9.28. The Morgan fingerprint density at radius 3 is 1.67 bits per heavy atom. The van der Waals surface area contributed by atoms with Gasteiger partial charge in [-0.25, -0.2) is 0 Å². The maximum atomic E-state index is 3.64. The molecule has 0 amide bonds. The highest BCUT2D eigenvalue weighted by Gasteiger charge is 2.72. The van der Waals surface area contributed by atoms with Gasteiger partial charge in [-0.3, -0.25) is 0 Å². The van der Waals surface area contributed by atoms with Crippen LogP contribution in [0.5, 0.6) is 0 Å². The lowest BCUT2D eigenvalue weighted by Gasteiger charge is -2.77. The Morgan fingerprint density at radius 1 is 1.11 bits per heavy atom. The number of alkyl halides is 1. The van der Waals surface area contributed by atoms with E-state index in [1.807, 2.05) is 0 Å². The van der Waals surface area contributed by atoms with E-state index < -0.39 is 0 Å². The van der Waals surface area contributed by atoms with Crippen molar-refractivity contribution in [3.05, 3.63) is 0 Å². The Balaban J connectivity index is 1.95. The Morgan fingerprint density at radius 2 is 1.56 bits per heavy atom. The van der Waals surface area contributed by atoms with Gasteiger partial charge in [0.2, 0.25) is 0 Å². The average Bonchev–Trinajstić information content (AvgIpc) is 1.91. The van der Waals surface area contributed by atoms with E-state index in [2.05, 4.69) is 15.9 Å². The molecule has 3 fully saturated rings. The van der Waals surface area contributed by atoms with Gasteiger partial charge in [-0.15, -0.1) is 0 Å². The number of hydrogen-bond donors (Lipinski definition) is 0. The standard InChI is InChI=1S/C8H11Br/c9-4-8-5-1-6(8)3-7(8)2-5/h5-7H,1-4H2. The van der Waals surface area contributed by atoms with Crippen LogP contribution in [-0.4, -0.2) is 5.33 Å². The van der Waals surface area contributed by atoms with Gasteiger partial charge in [0.05, 0.1) is 0 Å². The lowest BCUT2D eigenvalue weighted by Crippen LogP contribution is -2.72. The summed E-state index contributed by atoms with van der Waals surface area (Å²) in [6.07, 6.45) is 4.71. The van der Waals surface area contributed by atoms with E-state index in [-0.39, 0.29) is 0 Å². The smallest absolute Gasteiger partial charge is 0.00959 e. The normalized spacial score (nSPS) is 67.0. The summed E-state index contributed by atoms with van der Waals surface area (Å²) in [4.78, 5) is 0. The molecular weight excluding hydrogens is 176 g/mol. The van der Waals surface area contributed by atoms with Crippen molar-refractivity contribution >= 4 is 15.9 Å². The van der Waals surface area contributed by atoms with Crippen molar-refractivity contribution in [1.82, 2.24) is 0 Å². The molecule has 0 N–H and O–H groups in total. The summed E-state index contributed by atoms with van der Waals surface area (Å²) >= 11 is 3.64. The Bertz CT molecular complexity index is 131. The van der Waals surface area contributed by atoms with Crippen molar-refractivity contribution in [2.45, 2.75) is 19.3 Å². The van der Waals surface area contributed by atoms with Crippen LogP contribution in [0, 0.1) is 23.2 Å². The summed E-state index contributed by atoms with van der Waals surface area (Å²) in [5.74, 6) is 3.46. The summed E-state index contributed by atoms with van der Waals surface area (Å²) in [6.45, 7) is 0. The molecule has 0 heterocycles. The molecule has 1 heteroatoms. The van der Waals surface area contributed by atoms with Gasteiger partial charge in [0.1, 0.15) is 0 Å².